The first kappa shape index (κ1) is 35.9. The largest absolute Gasteiger partial charge is 1.00 e. The minimum absolute atomic E-state index is 0. The molecule has 1 unspecified atom stereocenters. The van der Waals surface area contributed by atoms with E-state index < -0.39 is 21.3 Å². The summed E-state index contributed by atoms with van der Waals surface area (Å²) < 4.78 is 6.19. The number of benzene rings is 3. The van der Waals surface area contributed by atoms with Gasteiger partial charge in [-0.05, 0) is 0 Å². The van der Waals surface area contributed by atoms with E-state index >= 15 is 0 Å². The molecule has 0 fully saturated rings. The second-order valence-electron chi connectivity index (χ2n) is 15.7. The molecule has 0 nitrogen and oxygen atoms in total. The Morgan fingerprint density at radius 1 is 0.674 bits per heavy atom. The Bertz CT molecular complexity index is 1610. The Labute approximate surface area is 282 Å². The van der Waals surface area contributed by atoms with Gasteiger partial charge in [0.15, 0.2) is 0 Å². The number of halogens is 2. The quantitative estimate of drug-likeness (QED) is 0.304. The molecular weight excluding hydrogens is 643 g/mol. The van der Waals surface area contributed by atoms with Gasteiger partial charge >= 0.3 is 260 Å². The molecule has 3 heteroatoms. The summed E-state index contributed by atoms with van der Waals surface area (Å²) in [6.07, 6.45) is 3.57. The SMILES string of the molecule is CC1=CC(C)[C](/[Zr+2](=[CH]/c2ccc(C(C)(C)C)cc2)[c]2cc(C(C)(C)C)cc3c2Cc2ccc(C(C)(C)C)cc2-3)=C1C.[Cl-].[Cl-]. The molecule has 0 spiro atoms. The van der Waals surface area contributed by atoms with Crippen molar-refractivity contribution in [1.82, 2.24) is 0 Å². The van der Waals surface area contributed by atoms with Gasteiger partial charge in [-0.15, -0.1) is 0 Å². The number of hydrogen-bond acceptors (Lipinski definition) is 0. The molecule has 0 N–H and O–H groups in total. The molecule has 2 aliphatic rings. The van der Waals surface area contributed by atoms with Gasteiger partial charge in [-0.1, -0.05) is 0 Å². The smallest absolute Gasteiger partial charge is 1.00 e. The van der Waals surface area contributed by atoms with E-state index in [1.807, 2.05) is 0 Å². The fourth-order valence-electron chi connectivity index (χ4n) is 6.55. The van der Waals surface area contributed by atoms with Gasteiger partial charge in [0.25, 0.3) is 0 Å². The minimum Gasteiger partial charge on any atom is -1.00 e. The van der Waals surface area contributed by atoms with E-state index in [0.717, 1.165) is 6.42 Å². The van der Waals surface area contributed by atoms with E-state index in [0.29, 0.717) is 5.92 Å². The van der Waals surface area contributed by atoms with Gasteiger partial charge in [-0.2, -0.15) is 0 Å². The van der Waals surface area contributed by atoms with Crippen LogP contribution in [0.1, 0.15) is 116 Å². The zero-order chi connectivity index (χ0) is 30.1. The summed E-state index contributed by atoms with van der Waals surface area (Å²) in [6, 6.07) is 22.0. The zero-order valence-corrected chi connectivity index (χ0v) is 32.4. The van der Waals surface area contributed by atoms with Gasteiger partial charge in [0.1, 0.15) is 0 Å². The molecular formula is C40H50Cl2Zr. The van der Waals surface area contributed by atoms with Crippen LogP contribution in [0.15, 0.2) is 75.1 Å². The first-order valence-electron chi connectivity index (χ1n) is 15.5. The molecule has 5 rings (SSSR count). The summed E-state index contributed by atoms with van der Waals surface area (Å²) in [4.78, 5) is 0. The first-order chi connectivity index (χ1) is 18.9. The predicted molar refractivity (Wildman–Crippen MR) is 178 cm³/mol. The first-order valence-corrected chi connectivity index (χ1v) is 19.4. The Morgan fingerprint density at radius 2 is 1.21 bits per heavy atom. The Balaban J connectivity index is 0.00000253. The average molecular weight is 693 g/mol. The van der Waals surface area contributed by atoms with Crippen molar-refractivity contribution in [1.29, 1.82) is 0 Å². The maximum Gasteiger partial charge on any atom is -1.00 e. The Hall–Kier alpha value is -1.53. The van der Waals surface area contributed by atoms with Crippen LogP contribution < -0.4 is 28.1 Å². The molecule has 0 aromatic heterocycles. The fraction of sp³-hybridized carbons (Fsp3) is 0.425. The maximum atomic E-state index is 2.75. The van der Waals surface area contributed by atoms with Crippen molar-refractivity contribution in [3.63, 3.8) is 0 Å². The monoisotopic (exact) mass is 690 g/mol. The van der Waals surface area contributed by atoms with Crippen LogP contribution in [0, 0.1) is 5.92 Å². The molecule has 3 aromatic rings. The van der Waals surface area contributed by atoms with Crippen LogP contribution in [0.25, 0.3) is 11.1 Å². The second-order valence-corrected chi connectivity index (χ2v) is 21.1. The molecule has 0 amide bonds. The third kappa shape index (κ3) is 7.16. The normalized spacial score (nSPS) is 16.4. The molecule has 0 aliphatic heterocycles. The van der Waals surface area contributed by atoms with Crippen molar-refractivity contribution in [2.75, 3.05) is 0 Å². The molecule has 228 valence electrons. The van der Waals surface area contributed by atoms with Gasteiger partial charge in [0.2, 0.25) is 0 Å². The second kappa shape index (κ2) is 12.7. The van der Waals surface area contributed by atoms with Gasteiger partial charge < -0.3 is 24.8 Å². The van der Waals surface area contributed by atoms with Crippen LogP contribution in [-0.2, 0) is 43.9 Å². The van der Waals surface area contributed by atoms with E-state index in [4.69, 9.17) is 0 Å². The van der Waals surface area contributed by atoms with Crippen molar-refractivity contribution < 1.29 is 46.1 Å². The molecule has 0 bridgehead atoms. The average Bonchev–Trinajstić information content (AvgIpc) is 3.36. The molecule has 0 radical (unpaired) electrons. The molecule has 0 saturated heterocycles. The van der Waals surface area contributed by atoms with Crippen LogP contribution in [-0.4, -0.2) is 3.71 Å². The number of rotatable bonds is 3. The molecule has 3 aromatic carbocycles. The van der Waals surface area contributed by atoms with E-state index in [9.17, 15) is 0 Å². The topological polar surface area (TPSA) is 0 Å². The minimum atomic E-state index is -2.51. The van der Waals surface area contributed by atoms with Crippen LogP contribution in [0.4, 0.5) is 0 Å². The predicted octanol–water partition coefficient (Wildman–Crippen LogP) is 4.12. The maximum absolute atomic E-state index is 2.75. The van der Waals surface area contributed by atoms with Crippen molar-refractivity contribution in [2.24, 2.45) is 5.92 Å². The summed E-state index contributed by atoms with van der Waals surface area (Å²) in [5, 5.41) is 0. The van der Waals surface area contributed by atoms with Crippen LogP contribution in [0.2, 0.25) is 0 Å². The van der Waals surface area contributed by atoms with Gasteiger partial charge in [-0.3, -0.25) is 0 Å². The summed E-state index contributed by atoms with van der Waals surface area (Å²) in [5.74, 6) is 0.514. The van der Waals surface area contributed by atoms with E-state index in [2.05, 4.69) is 147 Å². The Kier molecular flexibility index (Phi) is 10.6. The van der Waals surface area contributed by atoms with E-state index in [1.165, 1.54) is 44.5 Å². The zero-order valence-electron chi connectivity index (χ0n) is 28.4. The molecule has 0 saturated carbocycles. The van der Waals surface area contributed by atoms with E-state index in [1.54, 1.807) is 17.7 Å². The van der Waals surface area contributed by atoms with Crippen LogP contribution in [0.3, 0.4) is 0 Å². The summed E-state index contributed by atoms with van der Waals surface area (Å²) >= 11 is -2.51. The van der Waals surface area contributed by atoms with Gasteiger partial charge in [0, 0.05) is 0 Å². The third-order valence-corrected chi connectivity index (χ3v) is 16.9. The standard InChI is InChI=1S/C21H25.C11H14.C8H11.2ClH.Zr/c1-20(2,3)16-9-7-14-11-15-8-10-17(21(4,5)6)13-19(15)18(14)12-16;1-9-5-7-10(8-6-9)11(2,3)4;1-6-4-7(2)8(3)5-6;;;/h7,9-10,12-13H,11H2,1-6H3;1,5-8H,2-4H3;4,6H,1-3H3;2*1H;/q;;;;;+2/p-2. The number of fused-ring (bicyclic) bond motifs is 3. The van der Waals surface area contributed by atoms with Crippen molar-refractivity contribution in [2.45, 2.75) is 106 Å². The van der Waals surface area contributed by atoms with E-state index in [-0.39, 0.29) is 41.1 Å². The summed E-state index contributed by atoms with van der Waals surface area (Å²) in [6.45, 7) is 28.2. The molecule has 1 atom stereocenters. The van der Waals surface area contributed by atoms with Crippen LogP contribution >= 0.6 is 0 Å². The summed E-state index contributed by atoms with van der Waals surface area (Å²) in [5.41, 5.74) is 15.2. The summed E-state index contributed by atoms with van der Waals surface area (Å²) in [7, 11) is 0. The van der Waals surface area contributed by atoms with Gasteiger partial charge in [0.05, 0.1) is 0 Å². The van der Waals surface area contributed by atoms with Crippen molar-refractivity contribution in [3.05, 3.63) is 108 Å². The fourth-order valence-corrected chi connectivity index (χ4v) is 14.3. The number of hydrogen-bond donors (Lipinski definition) is 0. The molecule has 2 aliphatic carbocycles. The Morgan fingerprint density at radius 3 is 1.72 bits per heavy atom. The molecule has 43 heavy (non-hydrogen) atoms. The van der Waals surface area contributed by atoms with Crippen molar-refractivity contribution in [3.8, 4) is 11.1 Å². The number of allylic oxidation sites excluding steroid dienone is 4. The third-order valence-electron chi connectivity index (χ3n) is 9.37. The van der Waals surface area contributed by atoms with Crippen LogP contribution in [0.5, 0.6) is 0 Å². The molecule has 0 heterocycles. The van der Waals surface area contributed by atoms with Crippen molar-refractivity contribution >= 4 is 6.98 Å². The van der Waals surface area contributed by atoms with Gasteiger partial charge in [-0.25, -0.2) is 0 Å².